The summed E-state index contributed by atoms with van der Waals surface area (Å²) < 4.78 is 0. The summed E-state index contributed by atoms with van der Waals surface area (Å²) in [4.78, 5) is 10.7. The normalized spacial score (nSPS) is 23.9. The van der Waals surface area contributed by atoms with Gasteiger partial charge in [0.25, 0.3) is 0 Å². The molecule has 0 spiro atoms. The molecule has 1 aliphatic carbocycles. The van der Waals surface area contributed by atoms with Gasteiger partial charge in [0, 0.05) is 11.1 Å². The van der Waals surface area contributed by atoms with Gasteiger partial charge < -0.3 is 5.11 Å². The molecule has 1 N–H and O–H groups in total. The maximum absolute atomic E-state index is 11.5. The van der Waals surface area contributed by atoms with Crippen molar-refractivity contribution < 1.29 is 10.0 Å². The SMILES string of the molecule is CC(C)(C)C1=CC(N=Nc2cccc(C(C)(C)C)c2)C(O)([N+](=O)[O-])C=C1Cl. The van der Waals surface area contributed by atoms with Crippen LogP contribution in [0, 0.1) is 15.5 Å². The highest BCUT2D eigenvalue weighted by atomic mass is 35.5. The Bertz CT molecular complexity index is 832. The smallest absolute Gasteiger partial charge is 0.325 e. The van der Waals surface area contributed by atoms with E-state index in [9.17, 15) is 15.2 Å². The molecular weight excluding hydrogens is 366 g/mol. The van der Waals surface area contributed by atoms with Crippen LogP contribution >= 0.6 is 11.6 Å². The van der Waals surface area contributed by atoms with Crippen LogP contribution in [0.3, 0.4) is 0 Å². The van der Waals surface area contributed by atoms with Crippen LogP contribution in [-0.2, 0) is 5.41 Å². The lowest BCUT2D eigenvalue weighted by Crippen LogP contribution is -2.48. The first kappa shape index (κ1) is 21.3. The Morgan fingerprint density at radius 2 is 1.81 bits per heavy atom. The van der Waals surface area contributed by atoms with E-state index in [2.05, 4.69) is 31.0 Å². The second kappa shape index (κ2) is 7.17. The number of azo groups is 1. The zero-order valence-electron chi connectivity index (χ0n) is 16.5. The molecule has 2 unspecified atom stereocenters. The molecule has 1 aromatic rings. The highest BCUT2D eigenvalue weighted by Gasteiger charge is 2.50. The number of allylic oxidation sites excluding steroid dienone is 2. The molecule has 27 heavy (non-hydrogen) atoms. The molecule has 1 aromatic carbocycles. The van der Waals surface area contributed by atoms with Crippen molar-refractivity contribution in [2.75, 3.05) is 0 Å². The lowest BCUT2D eigenvalue weighted by molar-refractivity contribution is -0.609. The van der Waals surface area contributed by atoms with Crippen molar-refractivity contribution >= 4 is 17.3 Å². The van der Waals surface area contributed by atoms with Gasteiger partial charge in [-0.2, -0.15) is 10.2 Å². The second-order valence-electron chi connectivity index (χ2n) is 8.82. The molecule has 0 aromatic heterocycles. The average Bonchev–Trinajstić information content (AvgIpc) is 2.52. The quantitative estimate of drug-likeness (QED) is 0.319. The van der Waals surface area contributed by atoms with E-state index < -0.39 is 16.7 Å². The zero-order chi connectivity index (χ0) is 20.6. The van der Waals surface area contributed by atoms with Crippen molar-refractivity contribution in [1.29, 1.82) is 0 Å². The monoisotopic (exact) mass is 391 g/mol. The van der Waals surface area contributed by atoms with Gasteiger partial charge in [0.1, 0.15) is 0 Å². The van der Waals surface area contributed by atoms with Gasteiger partial charge in [-0.05, 0) is 40.2 Å². The van der Waals surface area contributed by atoms with Crippen molar-refractivity contribution in [1.82, 2.24) is 0 Å². The lowest BCUT2D eigenvalue weighted by atomic mass is 9.80. The van der Waals surface area contributed by atoms with Crippen molar-refractivity contribution in [3.05, 3.63) is 62.7 Å². The number of halogens is 1. The fourth-order valence-corrected chi connectivity index (χ4v) is 3.27. The maximum Gasteiger partial charge on any atom is 0.371 e. The van der Waals surface area contributed by atoms with E-state index in [0.717, 1.165) is 11.6 Å². The second-order valence-corrected chi connectivity index (χ2v) is 9.23. The van der Waals surface area contributed by atoms with Crippen LogP contribution in [0.4, 0.5) is 5.69 Å². The minimum absolute atomic E-state index is 0.0620. The summed E-state index contributed by atoms with van der Waals surface area (Å²) in [5.41, 5.74) is -0.529. The topological polar surface area (TPSA) is 88.1 Å². The highest BCUT2D eigenvalue weighted by Crippen LogP contribution is 2.40. The standard InChI is InChI=1S/C20H26ClN3O3/c1-18(2,3)13-8-7-9-14(10-13)22-23-17-11-15(19(4,5)6)16(21)12-20(17,25)24(26)27/h7-12,17,25H,1-6H3. The fourth-order valence-electron chi connectivity index (χ4n) is 2.76. The van der Waals surface area contributed by atoms with Crippen LogP contribution in [0.2, 0.25) is 0 Å². The fraction of sp³-hybridized carbons (Fsp3) is 0.500. The van der Waals surface area contributed by atoms with Crippen molar-refractivity contribution in [3.63, 3.8) is 0 Å². The van der Waals surface area contributed by atoms with Crippen LogP contribution in [0.1, 0.15) is 47.1 Å². The van der Waals surface area contributed by atoms with E-state index in [4.69, 9.17) is 11.6 Å². The molecule has 6 nitrogen and oxygen atoms in total. The van der Waals surface area contributed by atoms with Gasteiger partial charge in [0.05, 0.1) is 10.6 Å². The molecule has 2 atom stereocenters. The molecular formula is C20H26ClN3O3. The summed E-state index contributed by atoms with van der Waals surface area (Å²) in [7, 11) is 0. The molecule has 2 rings (SSSR count). The van der Waals surface area contributed by atoms with Crippen LogP contribution in [0.5, 0.6) is 0 Å². The Morgan fingerprint density at radius 3 is 2.33 bits per heavy atom. The highest BCUT2D eigenvalue weighted by molar-refractivity contribution is 6.32. The molecule has 1 aliphatic rings. The number of hydrogen-bond donors (Lipinski definition) is 1. The molecule has 0 saturated heterocycles. The molecule has 0 saturated carbocycles. The van der Waals surface area contributed by atoms with Crippen molar-refractivity contribution in [3.8, 4) is 0 Å². The molecule has 0 fully saturated rings. The van der Waals surface area contributed by atoms with E-state index in [-0.39, 0.29) is 15.9 Å². The van der Waals surface area contributed by atoms with Crippen molar-refractivity contribution in [2.45, 2.75) is 58.7 Å². The first-order chi connectivity index (χ1) is 12.2. The molecule has 0 heterocycles. The Morgan fingerprint density at radius 1 is 1.19 bits per heavy atom. The van der Waals surface area contributed by atoms with Gasteiger partial charge in [-0.25, -0.2) is 0 Å². The Balaban J connectivity index is 2.46. The Labute approximate surface area is 164 Å². The lowest BCUT2D eigenvalue weighted by Gasteiger charge is -2.30. The van der Waals surface area contributed by atoms with Crippen LogP contribution < -0.4 is 0 Å². The minimum atomic E-state index is -2.43. The maximum atomic E-state index is 11.5. The Kier molecular flexibility index (Phi) is 5.64. The van der Waals surface area contributed by atoms with E-state index in [1.165, 1.54) is 6.08 Å². The first-order valence-corrected chi connectivity index (χ1v) is 9.12. The minimum Gasteiger partial charge on any atom is -0.325 e. The van der Waals surface area contributed by atoms with Gasteiger partial charge in [0.15, 0.2) is 6.04 Å². The molecule has 146 valence electrons. The molecule has 0 radical (unpaired) electrons. The predicted octanol–water partition coefficient (Wildman–Crippen LogP) is 5.51. The number of benzene rings is 1. The van der Waals surface area contributed by atoms with Crippen LogP contribution in [0.15, 0.2) is 57.3 Å². The number of nitrogens with zero attached hydrogens (tertiary/aromatic N) is 3. The van der Waals surface area contributed by atoms with E-state index in [0.29, 0.717) is 11.3 Å². The third-order valence-electron chi connectivity index (χ3n) is 4.47. The van der Waals surface area contributed by atoms with Gasteiger partial charge in [-0.1, -0.05) is 65.3 Å². The van der Waals surface area contributed by atoms with Gasteiger partial charge in [-0.3, -0.25) is 10.1 Å². The molecule has 7 heteroatoms. The van der Waals surface area contributed by atoms with Gasteiger partial charge >= 0.3 is 5.72 Å². The summed E-state index contributed by atoms with van der Waals surface area (Å²) in [6.45, 7) is 12.1. The van der Waals surface area contributed by atoms with Gasteiger partial charge in [0.2, 0.25) is 0 Å². The molecule has 0 aliphatic heterocycles. The summed E-state index contributed by atoms with van der Waals surface area (Å²) in [6.07, 6.45) is 2.58. The third-order valence-corrected chi connectivity index (χ3v) is 4.78. The third kappa shape index (κ3) is 4.62. The summed E-state index contributed by atoms with van der Waals surface area (Å²) >= 11 is 6.21. The average molecular weight is 392 g/mol. The van der Waals surface area contributed by atoms with E-state index >= 15 is 0 Å². The molecule has 0 bridgehead atoms. The first-order valence-electron chi connectivity index (χ1n) is 8.74. The number of aliphatic hydroxyl groups is 1. The molecule has 0 amide bonds. The summed E-state index contributed by atoms with van der Waals surface area (Å²) in [6, 6.07) is 6.33. The number of rotatable bonds is 3. The van der Waals surface area contributed by atoms with Crippen LogP contribution in [-0.4, -0.2) is 21.8 Å². The summed E-state index contributed by atoms with van der Waals surface area (Å²) in [5, 5.41) is 30.5. The van der Waals surface area contributed by atoms with E-state index in [1.807, 2.05) is 39.0 Å². The number of nitro groups is 1. The zero-order valence-corrected chi connectivity index (χ0v) is 17.3. The number of hydrogen-bond acceptors (Lipinski definition) is 5. The largest absolute Gasteiger partial charge is 0.371 e. The Hall–Kier alpha value is -2.05. The van der Waals surface area contributed by atoms with Crippen LogP contribution in [0.25, 0.3) is 0 Å². The van der Waals surface area contributed by atoms with Crippen molar-refractivity contribution in [2.24, 2.45) is 15.6 Å². The van der Waals surface area contributed by atoms with E-state index in [1.54, 1.807) is 6.07 Å². The van der Waals surface area contributed by atoms with Gasteiger partial charge in [-0.15, -0.1) is 0 Å². The summed E-state index contributed by atoms with van der Waals surface area (Å²) in [5.74, 6) is 0. The predicted molar refractivity (Wildman–Crippen MR) is 107 cm³/mol.